The molecule has 3 aromatic carbocycles. The van der Waals surface area contributed by atoms with Crippen molar-refractivity contribution in [3.63, 3.8) is 0 Å². The van der Waals surface area contributed by atoms with Crippen molar-refractivity contribution in [3.05, 3.63) is 82.1 Å². The van der Waals surface area contributed by atoms with E-state index in [9.17, 15) is 22.4 Å². The molecule has 0 aromatic heterocycles. The Kier molecular flexibility index (Phi) is 10.8. The fourth-order valence-corrected chi connectivity index (χ4v) is 6.46. The van der Waals surface area contributed by atoms with Crippen LogP contribution in [-0.2, 0) is 26.2 Å². The van der Waals surface area contributed by atoms with Crippen molar-refractivity contribution < 1.29 is 31.9 Å². The van der Waals surface area contributed by atoms with Crippen LogP contribution in [0.3, 0.4) is 0 Å². The molecule has 1 aliphatic heterocycles. The van der Waals surface area contributed by atoms with E-state index in [-0.39, 0.29) is 46.8 Å². The number of ether oxygens (including phenoxy) is 2. The van der Waals surface area contributed by atoms with Gasteiger partial charge in [0.1, 0.15) is 31.6 Å². The van der Waals surface area contributed by atoms with Crippen LogP contribution in [0.15, 0.2) is 65.6 Å². The van der Waals surface area contributed by atoms with Gasteiger partial charge in [-0.05, 0) is 66.9 Å². The van der Waals surface area contributed by atoms with Crippen molar-refractivity contribution in [3.8, 4) is 11.5 Å². The van der Waals surface area contributed by atoms with Gasteiger partial charge in [-0.2, -0.15) is 0 Å². The summed E-state index contributed by atoms with van der Waals surface area (Å²) in [4.78, 5) is 28.5. The molecule has 0 spiro atoms. The monoisotopic (exact) mass is 651 g/mol. The van der Waals surface area contributed by atoms with Gasteiger partial charge in [0, 0.05) is 29.2 Å². The summed E-state index contributed by atoms with van der Waals surface area (Å²) in [7, 11) is -4.40. The number of nitrogens with one attached hydrogen (secondary N) is 1. The Balaban J connectivity index is 1.75. The van der Waals surface area contributed by atoms with Crippen molar-refractivity contribution in [2.75, 3.05) is 30.6 Å². The van der Waals surface area contributed by atoms with Crippen LogP contribution in [0.1, 0.15) is 32.3 Å². The second-order valence-electron chi connectivity index (χ2n) is 9.77. The maximum Gasteiger partial charge on any atom is 0.264 e. The van der Waals surface area contributed by atoms with Crippen LogP contribution < -0.4 is 19.1 Å². The first kappa shape index (κ1) is 32.4. The average molecular weight is 653 g/mol. The number of amides is 2. The summed E-state index contributed by atoms with van der Waals surface area (Å²) in [5.41, 5.74) is 0.571. The second-order valence-corrected chi connectivity index (χ2v) is 12.5. The Labute approximate surface area is 260 Å². The fourth-order valence-electron chi connectivity index (χ4n) is 4.57. The SMILES string of the molecule is CCCNC(=O)C(CC)N(Cc1ccc(Cl)cc1Cl)C(=O)CN(c1ccc(F)cc1)S(=O)(=O)c1ccc2c(c1)OCCO2. The van der Waals surface area contributed by atoms with Crippen LogP contribution in [-0.4, -0.2) is 57.5 Å². The number of carbonyl (C=O) groups excluding carboxylic acids is 2. The molecule has 1 N–H and O–H groups in total. The van der Waals surface area contributed by atoms with Gasteiger partial charge in [-0.25, -0.2) is 12.8 Å². The highest BCUT2D eigenvalue weighted by Gasteiger charge is 2.34. The van der Waals surface area contributed by atoms with Crippen molar-refractivity contribution in [1.29, 1.82) is 0 Å². The summed E-state index contributed by atoms with van der Waals surface area (Å²) in [6.07, 6.45) is 0.934. The zero-order chi connectivity index (χ0) is 31.1. The highest BCUT2D eigenvalue weighted by Crippen LogP contribution is 2.34. The van der Waals surface area contributed by atoms with Crippen LogP contribution in [0.4, 0.5) is 10.1 Å². The minimum atomic E-state index is -4.40. The number of fused-ring (bicyclic) bond motifs is 1. The molecule has 0 bridgehead atoms. The largest absolute Gasteiger partial charge is 0.486 e. The lowest BCUT2D eigenvalue weighted by molar-refractivity contribution is -0.140. The standard InChI is InChI=1S/C30H32Cl2FN3O6S/c1-3-13-34-30(38)26(4-2)35(18-20-5-6-21(31)16-25(20)32)29(37)19-36(23-9-7-22(33)8-10-23)43(39,40)24-11-12-27-28(17-24)42-15-14-41-27/h5-12,16-17,26H,3-4,13-15,18-19H2,1-2H3,(H,34,38). The van der Waals surface area contributed by atoms with Crippen LogP contribution >= 0.6 is 23.2 Å². The van der Waals surface area contributed by atoms with E-state index in [4.69, 9.17) is 32.7 Å². The van der Waals surface area contributed by atoms with Crippen molar-refractivity contribution >= 4 is 50.7 Å². The molecule has 230 valence electrons. The maximum atomic E-state index is 14.1. The lowest BCUT2D eigenvalue weighted by Crippen LogP contribution is -2.52. The highest BCUT2D eigenvalue weighted by atomic mass is 35.5. The molecule has 0 saturated carbocycles. The Morgan fingerprint density at radius 3 is 2.33 bits per heavy atom. The highest BCUT2D eigenvalue weighted by molar-refractivity contribution is 7.92. The van der Waals surface area contributed by atoms with Gasteiger partial charge in [0.25, 0.3) is 10.0 Å². The molecule has 0 fully saturated rings. The van der Waals surface area contributed by atoms with E-state index in [1.54, 1.807) is 19.1 Å². The number of sulfonamides is 1. The quantitative estimate of drug-likeness (QED) is 0.280. The second kappa shape index (κ2) is 14.3. The van der Waals surface area contributed by atoms with Crippen LogP contribution in [0.25, 0.3) is 0 Å². The van der Waals surface area contributed by atoms with Crippen LogP contribution in [0, 0.1) is 5.82 Å². The number of anilines is 1. The van der Waals surface area contributed by atoms with E-state index in [0.717, 1.165) is 16.4 Å². The van der Waals surface area contributed by atoms with Gasteiger partial charge < -0.3 is 19.7 Å². The summed E-state index contributed by atoms with van der Waals surface area (Å²) in [5.74, 6) is -0.995. The number of benzene rings is 3. The summed E-state index contributed by atoms with van der Waals surface area (Å²) < 4.78 is 54.0. The Hall–Kier alpha value is -3.54. The van der Waals surface area contributed by atoms with Crippen molar-refractivity contribution in [2.24, 2.45) is 0 Å². The van der Waals surface area contributed by atoms with E-state index in [0.29, 0.717) is 35.9 Å². The third-order valence-corrected chi connectivity index (χ3v) is 9.14. The molecule has 13 heteroatoms. The molecule has 9 nitrogen and oxygen atoms in total. The molecule has 3 aromatic rings. The van der Waals surface area contributed by atoms with Gasteiger partial charge in [-0.3, -0.25) is 13.9 Å². The van der Waals surface area contributed by atoms with E-state index >= 15 is 0 Å². The van der Waals surface area contributed by atoms with E-state index in [2.05, 4.69) is 5.32 Å². The first-order valence-electron chi connectivity index (χ1n) is 13.7. The molecule has 0 saturated heterocycles. The first-order chi connectivity index (χ1) is 20.5. The van der Waals surface area contributed by atoms with Gasteiger partial charge in [-0.1, -0.05) is 43.1 Å². The fraction of sp³-hybridized carbons (Fsp3) is 0.333. The molecule has 0 aliphatic carbocycles. The zero-order valence-corrected chi connectivity index (χ0v) is 26.0. The number of hydrogen-bond donors (Lipinski definition) is 1. The van der Waals surface area contributed by atoms with Crippen LogP contribution in [0.2, 0.25) is 10.0 Å². The molecule has 0 radical (unpaired) electrons. The Bertz CT molecular complexity index is 1570. The molecule has 1 unspecified atom stereocenters. The number of halogens is 3. The number of hydrogen-bond acceptors (Lipinski definition) is 6. The predicted molar refractivity (Wildman–Crippen MR) is 163 cm³/mol. The molecule has 2 amide bonds. The summed E-state index contributed by atoms with van der Waals surface area (Å²) in [6.45, 7) is 3.85. The smallest absolute Gasteiger partial charge is 0.264 e. The first-order valence-corrected chi connectivity index (χ1v) is 15.9. The maximum absolute atomic E-state index is 14.1. The predicted octanol–water partition coefficient (Wildman–Crippen LogP) is 5.43. The topological polar surface area (TPSA) is 105 Å². The molecular formula is C30H32Cl2FN3O6S. The lowest BCUT2D eigenvalue weighted by atomic mass is 10.1. The molecule has 1 aliphatic rings. The number of carbonyl (C=O) groups is 2. The number of rotatable bonds is 12. The van der Waals surface area contributed by atoms with Crippen LogP contribution in [0.5, 0.6) is 11.5 Å². The van der Waals surface area contributed by atoms with E-state index in [1.165, 1.54) is 41.3 Å². The van der Waals surface area contributed by atoms with Gasteiger partial charge in [0.05, 0.1) is 10.6 Å². The Morgan fingerprint density at radius 2 is 1.67 bits per heavy atom. The molecule has 43 heavy (non-hydrogen) atoms. The molecular weight excluding hydrogens is 620 g/mol. The third kappa shape index (κ3) is 7.70. The minimum Gasteiger partial charge on any atom is -0.486 e. The molecule has 1 heterocycles. The lowest BCUT2D eigenvalue weighted by Gasteiger charge is -2.33. The zero-order valence-electron chi connectivity index (χ0n) is 23.7. The van der Waals surface area contributed by atoms with Gasteiger partial charge in [-0.15, -0.1) is 0 Å². The Morgan fingerprint density at radius 1 is 0.977 bits per heavy atom. The van der Waals surface area contributed by atoms with Crippen molar-refractivity contribution in [1.82, 2.24) is 10.2 Å². The summed E-state index contributed by atoms with van der Waals surface area (Å²) in [6, 6.07) is 12.7. The van der Waals surface area contributed by atoms with Crippen molar-refractivity contribution in [2.45, 2.75) is 44.2 Å². The minimum absolute atomic E-state index is 0.0533. The summed E-state index contributed by atoms with van der Waals surface area (Å²) >= 11 is 12.5. The van der Waals surface area contributed by atoms with Gasteiger partial charge >= 0.3 is 0 Å². The average Bonchev–Trinajstić information content (AvgIpc) is 2.99. The molecule has 4 rings (SSSR count). The third-order valence-electron chi connectivity index (χ3n) is 6.79. The molecule has 1 atom stereocenters. The van der Waals surface area contributed by atoms with E-state index in [1.807, 2.05) is 6.92 Å². The number of nitrogens with zero attached hydrogens (tertiary/aromatic N) is 2. The van der Waals surface area contributed by atoms with E-state index < -0.39 is 34.3 Å². The summed E-state index contributed by atoms with van der Waals surface area (Å²) in [5, 5.41) is 3.50. The normalized spacial score (nSPS) is 13.2. The van der Waals surface area contributed by atoms with Gasteiger partial charge in [0.15, 0.2) is 11.5 Å². The van der Waals surface area contributed by atoms with Gasteiger partial charge in [0.2, 0.25) is 11.8 Å².